The molecule has 2 aromatic rings. The molecule has 0 radical (unpaired) electrons. The molecule has 0 unspecified atom stereocenters. The molecule has 1 heterocycles. The molecular weight excluding hydrogens is 283 g/mol. The van der Waals surface area contributed by atoms with Gasteiger partial charge in [-0.3, -0.25) is 0 Å². The quantitative estimate of drug-likeness (QED) is 0.941. The van der Waals surface area contributed by atoms with E-state index in [4.69, 9.17) is 28.9 Å². The van der Waals surface area contributed by atoms with Gasteiger partial charge in [-0.15, -0.1) is 10.2 Å². The third-order valence-electron chi connectivity index (χ3n) is 2.73. The van der Waals surface area contributed by atoms with Crippen LogP contribution in [0.25, 0.3) is 11.4 Å². The summed E-state index contributed by atoms with van der Waals surface area (Å²) in [4.78, 5) is 0. The highest BCUT2D eigenvalue weighted by Gasteiger charge is 2.16. The molecule has 0 bridgehead atoms. The lowest BCUT2D eigenvalue weighted by molar-refractivity contribution is 0.510. The van der Waals surface area contributed by atoms with Crippen molar-refractivity contribution in [2.45, 2.75) is 26.9 Å². The molecule has 0 aliphatic carbocycles. The zero-order valence-corrected chi connectivity index (χ0v) is 12.4. The standard InChI is InChI=1S/C13H16Cl2N4/c1-8(2)7-19-12(6-16)17-18-13(19)10-4-3-9(14)5-11(10)15/h3-5,8H,6-7,16H2,1-2H3. The molecular formula is C13H16Cl2N4. The van der Waals surface area contributed by atoms with E-state index < -0.39 is 0 Å². The number of rotatable bonds is 4. The highest BCUT2D eigenvalue weighted by molar-refractivity contribution is 6.36. The zero-order valence-electron chi connectivity index (χ0n) is 10.9. The second-order valence-corrected chi connectivity index (χ2v) is 5.62. The Balaban J connectivity index is 2.52. The van der Waals surface area contributed by atoms with Gasteiger partial charge in [0.1, 0.15) is 5.82 Å². The van der Waals surface area contributed by atoms with Crippen LogP contribution in [0.3, 0.4) is 0 Å². The van der Waals surface area contributed by atoms with Crippen molar-refractivity contribution in [2.24, 2.45) is 11.7 Å². The maximum absolute atomic E-state index is 6.23. The minimum atomic E-state index is 0.352. The van der Waals surface area contributed by atoms with E-state index in [1.807, 2.05) is 10.6 Å². The minimum absolute atomic E-state index is 0.352. The molecule has 2 N–H and O–H groups in total. The summed E-state index contributed by atoms with van der Waals surface area (Å²) in [5.74, 6) is 1.96. The summed E-state index contributed by atoms with van der Waals surface area (Å²) >= 11 is 12.1. The third-order valence-corrected chi connectivity index (χ3v) is 3.28. The zero-order chi connectivity index (χ0) is 14.0. The Morgan fingerprint density at radius 3 is 2.58 bits per heavy atom. The van der Waals surface area contributed by atoms with Crippen molar-refractivity contribution >= 4 is 23.2 Å². The summed E-state index contributed by atoms with van der Waals surface area (Å²) in [6, 6.07) is 5.35. The smallest absolute Gasteiger partial charge is 0.165 e. The predicted molar refractivity (Wildman–Crippen MR) is 78.2 cm³/mol. The average Bonchev–Trinajstić information content (AvgIpc) is 2.71. The highest BCUT2D eigenvalue weighted by Crippen LogP contribution is 2.29. The Labute approximate surface area is 122 Å². The van der Waals surface area contributed by atoms with Crippen LogP contribution in [0.2, 0.25) is 10.0 Å². The lowest BCUT2D eigenvalue weighted by Crippen LogP contribution is -2.13. The highest BCUT2D eigenvalue weighted by atomic mass is 35.5. The van der Waals surface area contributed by atoms with E-state index in [0.717, 1.165) is 23.8 Å². The summed E-state index contributed by atoms with van der Waals surface area (Å²) in [5, 5.41) is 9.49. The first-order valence-electron chi connectivity index (χ1n) is 6.10. The van der Waals surface area contributed by atoms with Gasteiger partial charge >= 0.3 is 0 Å². The van der Waals surface area contributed by atoms with E-state index in [2.05, 4.69) is 24.0 Å². The van der Waals surface area contributed by atoms with Crippen LogP contribution in [-0.4, -0.2) is 14.8 Å². The molecule has 102 valence electrons. The average molecular weight is 299 g/mol. The Morgan fingerprint density at radius 1 is 1.26 bits per heavy atom. The number of nitrogens with two attached hydrogens (primary N) is 1. The van der Waals surface area contributed by atoms with Gasteiger partial charge in [0.05, 0.1) is 11.6 Å². The summed E-state index contributed by atoms with van der Waals surface area (Å²) in [7, 11) is 0. The van der Waals surface area contributed by atoms with Gasteiger partial charge in [-0.2, -0.15) is 0 Å². The van der Waals surface area contributed by atoms with E-state index in [1.54, 1.807) is 12.1 Å². The molecule has 1 aromatic heterocycles. The second-order valence-electron chi connectivity index (χ2n) is 4.77. The van der Waals surface area contributed by atoms with Crippen molar-refractivity contribution in [3.05, 3.63) is 34.1 Å². The monoisotopic (exact) mass is 298 g/mol. The van der Waals surface area contributed by atoms with E-state index in [-0.39, 0.29) is 0 Å². The number of halogens is 2. The molecule has 1 aromatic carbocycles. The van der Waals surface area contributed by atoms with E-state index in [0.29, 0.717) is 22.5 Å². The summed E-state index contributed by atoms with van der Waals surface area (Å²) < 4.78 is 2.01. The molecule has 0 amide bonds. The van der Waals surface area contributed by atoms with Crippen LogP contribution in [0.1, 0.15) is 19.7 Å². The predicted octanol–water partition coefficient (Wildman–Crippen LogP) is 3.37. The van der Waals surface area contributed by atoms with Gasteiger partial charge in [-0.1, -0.05) is 37.0 Å². The second kappa shape index (κ2) is 5.90. The van der Waals surface area contributed by atoms with Crippen molar-refractivity contribution in [2.75, 3.05) is 0 Å². The van der Waals surface area contributed by atoms with Crippen LogP contribution in [0, 0.1) is 5.92 Å². The molecule has 6 heteroatoms. The van der Waals surface area contributed by atoms with Crippen LogP contribution in [0.4, 0.5) is 0 Å². The minimum Gasteiger partial charge on any atom is -0.324 e. The van der Waals surface area contributed by atoms with Gasteiger partial charge in [-0.05, 0) is 24.1 Å². The molecule has 2 rings (SSSR count). The SMILES string of the molecule is CC(C)Cn1c(CN)nnc1-c1ccc(Cl)cc1Cl. The topological polar surface area (TPSA) is 56.7 Å². The molecule has 0 saturated carbocycles. The van der Waals surface area contributed by atoms with Gasteiger partial charge < -0.3 is 10.3 Å². The molecule has 4 nitrogen and oxygen atoms in total. The van der Waals surface area contributed by atoms with Crippen LogP contribution in [0.15, 0.2) is 18.2 Å². The van der Waals surface area contributed by atoms with Crippen LogP contribution >= 0.6 is 23.2 Å². The fourth-order valence-corrected chi connectivity index (χ4v) is 2.41. The molecule has 0 aliphatic heterocycles. The summed E-state index contributed by atoms with van der Waals surface area (Å²) in [5.41, 5.74) is 6.52. The lowest BCUT2D eigenvalue weighted by Gasteiger charge is -2.12. The third kappa shape index (κ3) is 3.08. The maximum Gasteiger partial charge on any atom is 0.165 e. The normalized spacial score (nSPS) is 11.3. The van der Waals surface area contributed by atoms with Crippen molar-refractivity contribution in [3.63, 3.8) is 0 Å². The number of aromatic nitrogens is 3. The lowest BCUT2D eigenvalue weighted by atomic mass is 10.2. The van der Waals surface area contributed by atoms with Crippen LogP contribution < -0.4 is 5.73 Å². The number of nitrogens with zero attached hydrogens (tertiary/aromatic N) is 3. The Hall–Kier alpha value is -1.10. The molecule has 0 fully saturated rings. The van der Waals surface area contributed by atoms with Crippen molar-refractivity contribution in [3.8, 4) is 11.4 Å². The molecule has 0 aliphatic rings. The first-order chi connectivity index (χ1) is 9.02. The Morgan fingerprint density at radius 2 is 2.00 bits per heavy atom. The maximum atomic E-state index is 6.23. The first kappa shape index (κ1) is 14.3. The van der Waals surface area contributed by atoms with Gasteiger partial charge in [0.2, 0.25) is 0 Å². The molecule has 0 atom stereocenters. The van der Waals surface area contributed by atoms with E-state index in [9.17, 15) is 0 Å². The van der Waals surface area contributed by atoms with Crippen molar-refractivity contribution < 1.29 is 0 Å². The van der Waals surface area contributed by atoms with E-state index >= 15 is 0 Å². The number of hydrogen-bond donors (Lipinski definition) is 1. The van der Waals surface area contributed by atoms with Crippen LogP contribution in [-0.2, 0) is 13.1 Å². The number of benzene rings is 1. The van der Waals surface area contributed by atoms with Gasteiger partial charge in [0, 0.05) is 17.1 Å². The van der Waals surface area contributed by atoms with Gasteiger partial charge in [0.25, 0.3) is 0 Å². The Kier molecular flexibility index (Phi) is 4.45. The van der Waals surface area contributed by atoms with Gasteiger partial charge in [0.15, 0.2) is 5.82 Å². The fraction of sp³-hybridized carbons (Fsp3) is 0.385. The Bertz CT molecular complexity index is 578. The fourth-order valence-electron chi connectivity index (χ4n) is 1.91. The van der Waals surface area contributed by atoms with Crippen molar-refractivity contribution in [1.82, 2.24) is 14.8 Å². The molecule has 0 spiro atoms. The van der Waals surface area contributed by atoms with Crippen molar-refractivity contribution in [1.29, 1.82) is 0 Å². The largest absolute Gasteiger partial charge is 0.324 e. The summed E-state index contributed by atoms with van der Waals surface area (Å²) in [6.45, 7) is 5.42. The molecule has 19 heavy (non-hydrogen) atoms. The van der Waals surface area contributed by atoms with E-state index in [1.165, 1.54) is 0 Å². The van der Waals surface area contributed by atoms with Gasteiger partial charge in [-0.25, -0.2) is 0 Å². The van der Waals surface area contributed by atoms with Crippen LogP contribution in [0.5, 0.6) is 0 Å². The summed E-state index contributed by atoms with van der Waals surface area (Å²) in [6.07, 6.45) is 0. The first-order valence-corrected chi connectivity index (χ1v) is 6.86. The number of hydrogen-bond acceptors (Lipinski definition) is 3. The molecule has 0 saturated heterocycles.